The van der Waals surface area contributed by atoms with Gasteiger partial charge in [-0.15, -0.1) is 11.3 Å². The number of nitrogens with two attached hydrogens (primary N) is 1. The number of rotatable bonds is 5. The molecule has 0 unspecified atom stereocenters. The Morgan fingerprint density at radius 1 is 1.27 bits per heavy atom. The number of anilines is 1. The zero-order chi connectivity index (χ0) is 18.1. The van der Waals surface area contributed by atoms with E-state index < -0.39 is 0 Å². The second-order valence-electron chi connectivity index (χ2n) is 6.49. The Bertz CT molecular complexity index is 964. The molecular formula is C20H21ClN3S2+. The standard InChI is InChI=1S/C20H20ClN3S2/c1-2-11-24-18(22)17-15-5-3-4-6-16(15)26-19(17)23-20(24)25-12-13-7-9-14(21)10-8-13/h2,7-10,22H,1,3-6,11-12H2/p+1. The van der Waals surface area contributed by atoms with Crippen molar-refractivity contribution >= 4 is 50.7 Å². The van der Waals surface area contributed by atoms with E-state index in [0.717, 1.165) is 39.4 Å². The van der Waals surface area contributed by atoms with Crippen LogP contribution >= 0.6 is 34.7 Å². The number of hydrogen-bond donors (Lipinski definition) is 1. The molecule has 2 N–H and O–H groups in total. The molecule has 1 aromatic carbocycles. The molecule has 0 atom stereocenters. The van der Waals surface area contributed by atoms with E-state index in [2.05, 4.69) is 23.3 Å². The van der Waals surface area contributed by atoms with Crippen LogP contribution in [0.3, 0.4) is 0 Å². The molecule has 2 heterocycles. The lowest BCUT2D eigenvalue weighted by Gasteiger charge is -2.11. The molecule has 0 aliphatic heterocycles. The van der Waals surface area contributed by atoms with E-state index in [4.69, 9.17) is 22.3 Å². The van der Waals surface area contributed by atoms with Gasteiger partial charge >= 0.3 is 5.16 Å². The Morgan fingerprint density at radius 2 is 2.04 bits per heavy atom. The van der Waals surface area contributed by atoms with Gasteiger partial charge in [0, 0.05) is 15.7 Å². The average Bonchev–Trinajstić information content (AvgIpc) is 3.02. The van der Waals surface area contributed by atoms with Gasteiger partial charge in [-0.25, -0.2) is 4.57 Å². The maximum atomic E-state index is 6.61. The topological polar surface area (TPSA) is 42.8 Å². The molecule has 2 aromatic heterocycles. The van der Waals surface area contributed by atoms with Crippen LogP contribution in [0.2, 0.25) is 5.02 Å². The largest absolute Gasteiger partial charge is 0.318 e. The number of nitrogen functional groups attached to an aromatic ring is 1. The Morgan fingerprint density at radius 3 is 2.81 bits per heavy atom. The van der Waals surface area contributed by atoms with Gasteiger partial charge in [0.25, 0.3) is 0 Å². The summed E-state index contributed by atoms with van der Waals surface area (Å²) in [7, 11) is 0. The van der Waals surface area contributed by atoms with Gasteiger partial charge in [-0.1, -0.05) is 41.4 Å². The fraction of sp³-hybridized carbons (Fsp3) is 0.300. The van der Waals surface area contributed by atoms with Crippen molar-refractivity contribution in [2.75, 3.05) is 5.73 Å². The molecule has 0 radical (unpaired) electrons. The minimum atomic E-state index is 0.669. The highest BCUT2D eigenvalue weighted by Gasteiger charge is 2.26. The van der Waals surface area contributed by atoms with Crippen molar-refractivity contribution in [2.45, 2.75) is 43.1 Å². The van der Waals surface area contributed by atoms with Gasteiger partial charge in [-0.3, -0.25) is 0 Å². The number of thiophene rings is 1. The average molecular weight is 403 g/mol. The first-order chi connectivity index (χ1) is 12.7. The van der Waals surface area contributed by atoms with Crippen molar-refractivity contribution < 1.29 is 4.57 Å². The lowest BCUT2D eigenvalue weighted by Crippen LogP contribution is -2.40. The number of nitrogens with zero attached hydrogens (tertiary/aromatic N) is 2. The summed E-state index contributed by atoms with van der Waals surface area (Å²) in [6, 6.07) is 7.96. The van der Waals surface area contributed by atoms with Crippen molar-refractivity contribution in [3.63, 3.8) is 0 Å². The van der Waals surface area contributed by atoms with Crippen LogP contribution in [0.25, 0.3) is 10.2 Å². The predicted octanol–water partition coefficient (Wildman–Crippen LogP) is 5.18. The Kier molecular flexibility index (Phi) is 5.20. The van der Waals surface area contributed by atoms with Crippen LogP contribution in [0.4, 0.5) is 5.82 Å². The zero-order valence-electron chi connectivity index (χ0n) is 14.5. The SMILES string of the molecule is C=CC[n+]1c(SCc2ccc(Cl)cc2)nc2sc3c(c2c1N)CCCC3. The molecule has 3 aromatic rings. The lowest BCUT2D eigenvalue weighted by molar-refractivity contribution is -0.712. The van der Waals surface area contributed by atoms with Crippen molar-refractivity contribution in [3.8, 4) is 0 Å². The maximum Gasteiger partial charge on any atom is 0.300 e. The van der Waals surface area contributed by atoms with Gasteiger partial charge < -0.3 is 5.73 Å². The lowest BCUT2D eigenvalue weighted by atomic mass is 9.97. The number of hydrogen-bond acceptors (Lipinski definition) is 4. The second-order valence-corrected chi connectivity index (χ2v) is 8.95. The maximum absolute atomic E-state index is 6.61. The molecular weight excluding hydrogens is 382 g/mol. The summed E-state index contributed by atoms with van der Waals surface area (Å²) in [5.74, 6) is 1.66. The van der Waals surface area contributed by atoms with Crippen LogP contribution in [0.15, 0.2) is 42.1 Å². The van der Waals surface area contributed by atoms with Crippen LogP contribution in [-0.2, 0) is 25.1 Å². The number of halogens is 1. The van der Waals surface area contributed by atoms with Gasteiger partial charge in [0.1, 0.15) is 5.39 Å². The van der Waals surface area contributed by atoms with E-state index in [0.29, 0.717) is 6.54 Å². The van der Waals surface area contributed by atoms with Crippen LogP contribution in [-0.4, -0.2) is 4.98 Å². The van der Waals surface area contributed by atoms with Crippen molar-refractivity contribution in [3.05, 3.63) is 57.9 Å². The van der Waals surface area contributed by atoms with E-state index >= 15 is 0 Å². The van der Waals surface area contributed by atoms with E-state index in [1.165, 1.54) is 34.2 Å². The monoisotopic (exact) mass is 402 g/mol. The smallest absolute Gasteiger partial charge is 0.300 e. The molecule has 0 saturated carbocycles. The van der Waals surface area contributed by atoms with E-state index in [9.17, 15) is 0 Å². The molecule has 0 amide bonds. The third-order valence-electron chi connectivity index (χ3n) is 4.72. The number of thioether (sulfide) groups is 1. The van der Waals surface area contributed by atoms with E-state index in [1.54, 1.807) is 11.8 Å². The molecule has 0 spiro atoms. The molecule has 6 heteroatoms. The third kappa shape index (κ3) is 3.36. The summed E-state index contributed by atoms with van der Waals surface area (Å²) >= 11 is 9.51. The fourth-order valence-electron chi connectivity index (χ4n) is 3.42. The number of aryl methyl sites for hydroxylation is 2. The summed E-state index contributed by atoms with van der Waals surface area (Å²) in [5.41, 5.74) is 9.26. The highest BCUT2D eigenvalue weighted by atomic mass is 35.5. The highest BCUT2D eigenvalue weighted by Crippen LogP contribution is 2.38. The number of allylic oxidation sites excluding steroid dienone is 1. The minimum Gasteiger partial charge on any atom is -0.318 e. The molecule has 3 nitrogen and oxygen atoms in total. The summed E-state index contributed by atoms with van der Waals surface area (Å²) in [5, 5.41) is 2.87. The molecule has 1 aliphatic carbocycles. The van der Waals surface area contributed by atoms with Crippen molar-refractivity contribution in [1.29, 1.82) is 0 Å². The zero-order valence-corrected chi connectivity index (χ0v) is 16.9. The van der Waals surface area contributed by atoms with Crippen LogP contribution in [0.5, 0.6) is 0 Å². The normalized spacial score (nSPS) is 13.7. The van der Waals surface area contributed by atoms with Gasteiger partial charge in [-0.2, -0.15) is 0 Å². The quantitative estimate of drug-likeness (QED) is 0.277. The van der Waals surface area contributed by atoms with E-state index in [1.807, 2.05) is 29.5 Å². The molecule has 134 valence electrons. The first-order valence-electron chi connectivity index (χ1n) is 8.79. The minimum absolute atomic E-state index is 0.669. The molecule has 0 bridgehead atoms. The Balaban J connectivity index is 1.74. The van der Waals surface area contributed by atoms with Gasteiger partial charge in [-0.05, 0) is 60.7 Å². The first-order valence-corrected chi connectivity index (χ1v) is 11.0. The fourth-order valence-corrected chi connectivity index (χ4v) is 5.85. The second kappa shape index (κ2) is 7.59. The summed E-state index contributed by atoms with van der Waals surface area (Å²) in [6.07, 6.45) is 6.67. The highest BCUT2D eigenvalue weighted by molar-refractivity contribution is 7.98. The van der Waals surface area contributed by atoms with Crippen molar-refractivity contribution in [2.24, 2.45) is 0 Å². The molecule has 4 rings (SSSR count). The van der Waals surface area contributed by atoms with Crippen LogP contribution in [0.1, 0.15) is 28.8 Å². The molecule has 0 saturated heterocycles. The summed E-state index contributed by atoms with van der Waals surface area (Å²) in [4.78, 5) is 7.53. The summed E-state index contributed by atoms with van der Waals surface area (Å²) < 4.78 is 2.09. The van der Waals surface area contributed by atoms with Crippen LogP contribution in [0, 0.1) is 0 Å². The first kappa shape index (κ1) is 17.8. The molecule has 1 aliphatic rings. The summed E-state index contributed by atoms with van der Waals surface area (Å²) in [6.45, 7) is 4.56. The van der Waals surface area contributed by atoms with Gasteiger partial charge in [0.15, 0.2) is 0 Å². The Hall–Kier alpha value is -1.56. The Labute approximate surface area is 166 Å². The predicted molar refractivity (Wildman–Crippen MR) is 112 cm³/mol. The number of aromatic nitrogens is 2. The molecule has 0 fully saturated rings. The van der Waals surface area contributed by atoms with Gasteiger partial charge in [0.05, 0.1) is 6.54 Å². The number of fused-ring (bicyclic) bond motifs is 3. The third-order valence-corrected chi connectivity index (χ3v) is 7.21. The molecule has 26 heavy (non-hydrogen) atoms. The van der Waals surface area contributed by atoms with Crippen molar-refractivity contribution in [1.82, 2.24) is 4.98 Å². The van der Waals surface area contributed by atoms with Crippen LogP contribution < -0.4 is 10.3 Å². The van der Waals surface area contributed by atoms with E-state index in [-0.39, 0.29) is 0 Å². The van der Waals surface area contributed by atoms with Gasteiger partial charge in [0.2, 0.25) is 10.6 Å². The number of benzene rings is 1.